The van der Waals surface area contributed by atoms with Gasteiger partial charge in [0.15, 0.2) is 0 Å². The summed E-state index contributed by atoms with van der Waals surface area (Å²) in [5.41, 5.74) is 0. The van der Waals surface area contributed by atoms with E-state index in [2.05, 4.69) is 20.3 Å². The number of hydrogen-bond acceptors (Lipinski definition) is 0. The minimum Gasteiger partial charge on any atom is -0.343 e. The maximum Gasteiger partial charge on any atom is -0.0535 e. The Balaban J connectivity index is 2.65. The van der Waals surface area contributed by atoms with Gasteiger partial charge in [0.1, 0.15) is 0 Å². The Bertz CT molecular complexity index is 40.0. The molecule has 0 heteroatoms. The molecule has 0 saturated carbocycles. The van der Waals surface area contributed by atoms with E-state index in [1.54, 1.807) is 0 Å². The smallest absolute Gasteiger partial charge is 0.0535 e. The van der Waals surface area contributed by atoms with E-state index in [1.165, 1.54) is 38.5 Å². The van der Waals surface area contributed by atoms with Crippen molar-refractivity contribution >= 4 is 0 Å². The maximum atomic E-state index is 3.81. The van der Waals surface area contributed by atoms with Gasteiger partial charge in [0.2, 0.25) is 0 Å². The fraction of sp³-hybridized carbons (Fsp3) is 0.800. The summed E-state index contributed by atoms with van der Waals surface area (Å²) in [4.78, 5) is 0. The minimum absolute atomic E-state index is 1.11. The molecule has 0 aromatic heterocycles. The van der Waals surface area contributed by atoms with Gasteiger partial charge in [0, 0.05) is 0 Å². The molecule has 0 nitrogen and oxygen atoms in total. The maximum absolute atomic E-state index is 3.81. The minimum atomic E-state index is 1.11. The van der Waals surface area contributed by atoms with Crippen molar-refractivity contribution in [1.29, 1.82) is 0 Å². The zero-order chi connectivity index (χ0) is 7.66. The summed E-state index contributed by atoms with van der Waals surface area (Å²) in [7, 11) is 0. The van der Waals surface area contributed by atoms with E-state index in [0.29, 0.717) is 0 Å². The summed E-state index contributed by atoms with van der Waals surface area (Å²) in [6.45, 7) is 5.95. The van der Waals surface area contributed by atoms with Crippen LogP contribution < -0.4 is 0 Å². The van der Waals surface area contributed by atoms with Crippen LogP contribution in [-0.2, 0) is 0 Å². The molecule has 0 aliphatic carbocycles. The summed E-state index contributed by atoms with van der Waals surface area (Å²) in [6.07, 6.45) is 11.6. The standard InChI is InChI=1S/C10H20/c1-3-5-7-9-10-8-6-4-2/h4H,1,3,5-10H2,2H3/q-2. The lowest BCUT2D eigenvalue weighted by molar-refractivity contribution is 0.614. The van der Waals surface area contributed by atoms with Crippen LogP contribution in [-0.4, -0.2) is 0 Å². The van der Waals surface area contributed by atoms with Crippen LogP contribution in [0, 0.1) is 13.3 Å². The second-order valence-electron chi connectivity index (χ2n) is 2.82. The van der Waals surface area contributed by atoms with Crippen LogP contribution in [0.2, 0.25) is 0 Å². The highest BCUT2D eigenvalue weighted by Gasteiger charge is 1.83. The highest BCUT2D eigenvalue weighted by molar-refractivity contribution is 4.55. The van der Waals surface area contributed by atoms with E-state index in [9.17, 15) is 0 Å². The first-order valence-electron chi connectivity index (χ1n) is 4.49. The zero-order valence-corrected chi connectivity index (χ0v) is 7.23. The Labute approximate surface area is 66.0 Å². The van der Waals surface area contributed by atoms with Gasteiger partial charge in [-0.15, -0.1) is 0 Å². The van der Waals surface area contributed by atoms with Gasteiger partial charge in [-0.25, -0.2) is 0 Å². The number of rotatable bonds is 7. The third-order valence-corrected chi connectivity index (χ3v) is 1.74. The lowest BCUT2D eigenvalue weighted by Gasteiger charge is -2.03. The Morgan fingerprint density at radius 2 is 1.60 bits per heavy atom. The molecule has 0 heterocycles. The van der Waals surface area contributed by atoms with E-state index < -0.39 is 0 Å². The van der Waals surface area contributed by atoms with Crippen molar-refractivity contribution in [3.8, 4) is 0 Å². The van der Waals surface area contributed by atoms with Crippen LogP contribution in [0.15, 0.2) is 0 Å². The molecule has 0 spiro atoms. The quantitative estimate of drug-likeness (QED) is 0.373. The molecule has 0 amide bonds. The highest BCUT2D eigenvalue weighted by Crippen LogP contribution is 2.06. The molecule has 0 atom stereocenters. The van der Waals surface area contributed by atoms with Crippen LogP contribution in [0.3, 0.4) is 0 Å². The summed E-state index contributed by atoms with van der Waals surface area (Å²) in [5, 5.41) is 0. The van der Waals surface area contributed by atoms with Crippen molar-refractivity contribution in [2.24, 2.45) is 0 Å². The summed E-state index contributed by atoms with van der Waals surface area (Å²) in [5.74, 6) is 0. The average Bonchev–Trinajstić information content (AvgIpc) is 1.97. The lowest BCUT2D eigenvalue weighted by atomic mass is 10.1. The molecule has 0 fully saturated rings. The van der Waals surface area contributed by atoms with Crippen molar-refractivity contribution in [3.05, 3.63) is 13.3 Å². The molecule has 0 aliphatic rings. The second-order valence-corrected chi connectivity index (χ2v) is 2.82. The van der Waals surface area contributed by atoms with Gasteiger partial charge in [-0.1, -0.05) is 32.1 Å². The van der Waals surface area contributed by atoms with Crippen molar-refractivity contribution in [2.45, 2.75) is 51.9 Å². The normalized spacial score (nSPS) is 10.2. The molecule has 0 aliphatic heterocycles. The van der Waals surface area contributed by atoms with Crippen molar-refractivity contribution < 1.29 is 0 Å². The largest absolute Gasteiger partial charge is 0.343 e. The monoisotopic (exact) mass is 140 g/mol. The first-order chi connectivity index (χ1) is 4.91. The predicted molar refractivity (Wildman–Crippen MR) is 47.7 cm³/mol. The van der Waals surface area contributed by atoms with Gasteiger partial charge in [0.25, 0.3) is 0 Å². The SMILES string of the molecule is [CH2-]CCCCCCC[CH-]C. The Hall–Kier alpha value is 0. The summed E-state index contributed by atoms with van der Waals surface area (Å²) in [6, 6.07) is 0. The first-order valence-corrected chi connectivity index (χ1v) is 4.49. The molecule has 0 aromatic rings. The molecular formula is C10H20-2. The number of hydrogen-bond donors (Lipinski definition) is 0. The topological polar surface area (TPSA) is 0 Å². The molecule has 10 heavy (non-hydrogen) atoms. The first kappa shape index (κ1) is 10.0. The Kier molecular flexibility index (Phi) is 9.00. The van der Waals surface area contributed by atoms with Gasteiger partial charge in [-0.3, -0.25) is 0 Å². The highest BCUT2D eigenvalue weighted by atomic mass is 13.9. The van der Waals surface area contributed by atoms with Crippen LogP contribution >= 0.6 is 0 Å². The van der Waals surface area contributed by atoms with Gasteiger partial charge in [0.05, 0.1) is 0 Å². The Morgan fingerprint density at radius 3 is 2.20 bits per heavy atom. The summed E-state index contributed by atoms with van der Waals surface area (Å²) < 4.78 is 0. The van der Waals surface area contributed by atoms with Crippen LogP contribution in [0.25, 0.3) is 0 Å². The molecule has 0 rings (SSSR count). The van der Waals surface area contributed by atoms with Crippen molar-refractivity contribution in [3.63, 3.8) is 0 Å². The van der Waals surface area contributed by atoms with E-state index in [-0.39, 0.29) is 0 Å². The van der Waals surface area contributed by atoms with Crippen molar-refractivity contribution in [2.75, 3.05) is 0 Å². The van der Waals surface area contributed by atoms with Gasteiger partial charge in [-0.2, -0.15) is 19.8 Å². The number of unbranched alkanes of at least 4 members (excludes halogenated alkanes) is 7. The molecule has 0 N–H and O–H groups in total. The average molecular weight is 140 g/mol. The molecule has 0 aromatic carbocycles. The van der Waals surface area contributed by atoms with E-state index in [4.69, 9.17) is 0 Å². The van der Waals surface area contributed by atoms with E-state index in [1.807, 2.05) is 0 Å². The third-order valence-electron chi connectivity index (χ3n) is 1.74. The molecule has 0 unspecified atom stereocenters. The third kappa shape index (κ3) is 8.00. The summed E-state index contributed by atoms with van der Waals surface area (Å²) >= 11 is 0. The Morgan fingerprint density at radius 1 is 1.00 bits per heavy atom. The lowest BCUT2D eigenvalue weighted by Crippen LogP contribution is -1.78. The van der Waals surface area contributed by atoms with Crippen LogP contribution in [0.1, 0.15) is 51.9 Å². The molecule has 0 saturated heterocycles. The zero-order valence-electron chi connectivity index (χ0n) is 7.23. The fourth-order valence-corrected chi connectivity index (χ4v) is 1.06. The van der Waals surface area contributed by atoms with Gasteiger partial charge >= 0.3 is 0 Å². The second kappa shape index (κ2) is 9.00. The van der Waals surface area contributed by atoms with E-state index in [0.717, 1.165) is 6.42 Å². The van der Waals surface area contributed by atoms with Gasteiger partial charge < -0.3 is 13.3 Å². The molecule has 0 bridgehead atoms. The molecular weight excluding hydrogens is 120 g/mol. The van der Waals surface area contributed by atoms with E-state index >= 15 is 0 Å². The fourth-order valence-electron chi connectivity index (χ4n) is 1.06. The predicted octanol–water partition coefficient (Wildman–Crippen LogP) is 3.78. The van der Waals surface area contributed by atoms with Crippen molar-refractivity contribution in [1.82, 2.24) is 0 Å². The van der Waals surface area contributed by atoms with Gasteiger partial charge in [-0.05, 0) is 0 Å². The van der Waals surface area contributed by atoms with Crippen LogP contribution in [0.5, 0.6) is 0 Å². The van der Waals surface area contributed by atoms with Crippen LogP contribution in [0.4, 0.5) is 0 Å². The molecule has 0 radical (unpaired) electrons. The molecule has 62 valence electrons.